The highest BCUT2D eigenvalue weighted by atomic mass is 35.5. The number of benzene rings is 2. The monoisotopic (exact) mass is 430 g/mol. The molecule has 4 rings (SSSR count). The van der Waals surface area contributed by atoms with E-state index in [0.717, 1.165) is 19.3 Å². The summed E-state index contributed by atoms with van der Waals surface area (Å²) in [6.45, 7) is 0.646. The second kappa shape index (κ2) is 9.13. The predicted octanol–water partition coefficient (Wildman–Crippen LogP) is 5.20. The number of ether oxygens (including phenoxy) is 1. The molecule has 1 saturated heterocycles. The van der Waals surface area contributed by atoms with Crippen LogP contribution in [-0.2, 0) is 6.61 Å². The molecule has 2 aromatic carbocycles. The minimum atomic E-state index is -0.337. The van der Waals surface area contributed by atoms with Gasteiger partial charge in [0.05, 0.1) is 6.04 Å². The number of hydrogen-bond acceptors (Lipinski definition) is 5. The van der Waals surface area contributed by atoms with Crippen molar-refractivity contribution in [3.8, 4) is 5.75 Å². The molecule has 30 heavy (non-hydrogen) atoms. The molecule has 0 saturated carbocycles. The van der Waals surface area contributed by atoms with Crippen molar-refractivity contribution in [2.45, 2.75) is 31.9 Å². The number of nitrogens with zero attached hydrogens (tertiary/aromatic N) is 3. The largest absolute Gasteiger partial charge is 0.484 e. The lowest BCUT2D eigenvalue weighted by Crippen LogP contribution is -2.41. The van der Waals surface area contributed by atoms with Crippen molar-refractivity contribution in [3.05, 3.63) is 71.1 Å². The van der Waals surface area contributed by atoms with Crippen molar-refractivity contribution in [1.29, 1.82) is 0 Å². The molecule has 1 aliphatic heterocycles. The van der Waals surface area contributed by atoms with E-state index < -0.39 is 0 Å². The van der Waals surface area contributed by atoms with E-state index in [1.807, 2.05) is 0 Å². The Balaban J connectivity index is 1.42. The fourth-order valence-corrected chi connectivity index (χ4v) is 3.53. The Labute approximate surface area is 177 Å². The van der Waals surface area contributed by atoms with Crippen molar-refractivity contribution in [3.63, 3.8) is 0 Å². The first-order valence-electron chi connectivity index (χ1n) is 9.62. The second-order valence-corrected chi connectivity index (χ2v) is 7.37. The Kier molecular flexibility index (Phi) is 6.13. The van der Waals surface area contributed by atoms with Crippen LogP contribution in [0, 0.1) is 5.82 Å². The molecule has 1 unspecified atom stereocenters. The number of rotatable bonds is 5. The number of anilines is 1. The van der Waals surface area contributed by atoms with Crippen LogP contribution in [0.4, 0.5) is 14.9 Å². The summed E-state index contributed by atoms with van der Waals surface area (Å²) in [5.74, 6) is 0.885. The summed E-state index contributed by atoms with van der Waals surface area (Å²) in [6.07, 6.45) is 2.60. The molecule has 0 bridgehead atoms. The summed E-state index contributed by atoms with van der Waals surface area (Å²) in [5.41, 5.74) is 0.623. The second-order valence-electron chi connectivity index (χ2n) is 6.93. The van der Waals surface area contributed by atoms with Crippen LogP contribution in [-0.4, -0.2) is 27.6 Å². The van der Waals surface area contributed by atoms with Crippen LogP contribution in [0.5, 0.6) is 5.75 Å². The summed E-state index contributed by atoms with van der Waals surface area (Å²) >= 11 is 6.00. The Hall–Kier alpha value is -3.13. The molecule has 0 spiro atoms. The van der Waals surface area contributed by atoms with Crippen molar-refractivity contribution < 1.29 is 18.4 Å². The summed E-state index contributed by atoms with van der Waals surface area (Å²) in [5, 5.41) is 7.47. The van der Waals surface area contributed by atoms with E-state index >= 15 is 0 Å². The molecule has 9 heteroatoms. The van der Waals surface area contributed by atoms with Gasteiger partial charge in [-0.25, -0.2) is 9.18 Å². The molecular weight excluding hydrogens is 411 g/mol. The zero-order valence-electron chi connectivity index (χ0n) is 16.1. The van der Waals surface area contributed by atoms with Crippen LogP contribution in [0.3, 0.4) is 0 Å². The number of urea groups is 1. The first kappa shape index (κ1) is 20.2. The normalized spacial score (nSPS) is 16.3. The highest BCUT2D eigenvalue weighted by Crippen LogP contribution is 2.30. The van der Waals surface area contributed by atoms with Gasteiger partial charge in [-0.3, -0.25) is 0 Å². The molecule has 7 nitrogen and oxygen atoms in total. The summed E-state index contributed by atoms with van der Waals surface area (Å²) < 4.78 is 23.8. The molecule has 1 N–H and O–H groups in total. The number of carbonyl (C=O) groups is 1. The maximum atomic E-state index is 13.0. The van der Waals surface area contributed by atoms with E-state index in [0.29, 0.717) is 28.8 Å². The van der Waals surface area contributed by atoms with Crippen LogP contribution in [0.2, 0.25) is 5.02 Å². The standard InChI is InChI=1S/C21H20ClFN4O3/c22-14-4-3-5-16(12-14)24-21(28)27-11-2-1-6-18(27)20-25-19(30-26-20)13-29-17-9-7-15(23)8-10-17/h3-5,7-10,12,18H,1-2,6,11,13H2,(H,24,28). The van der Waals surface area contributed by atoms with Crippen LogP contribution < -0.4 is 10.1 Å². The predicted molar refractivity (Wildman–Crippen MR) is 109 cm³/mol. The Bertz CT molecular complexity index is 1010. The average Bonchev–Trinajstić information content (AvgIpc) is 3.22. The summed E-state index contributed by atoms with van der Waals surface area (Å²) in [7, 11) is 0. The van der Waals surface area contributed by atoms with Gasteiger partial charge >= 0.3 is 6.03 Å². The topological polar surface area (TPSA) is 80.5 Å². The maximum absolute atomic E-state index is 13.0. The fraction of sp³-hybridized carbons (Fsp3) is 0.286. The fourth-order valence-electron chi connectivity index (χ4n) is 3.34. The number of hydrogen-bond donors (Lipinski definition) is 1. The first-order chi connectivity index (χ1) is 14.6. The van der Waals surface area contributed by atoms with Crippen molar-refractivity contribution in [1.82, 2.24) is 15.0 Å². The van der Waals surface area contributed by atoms with Gasteiger partial charge in [0.15, 0.2) is 12.4 Å². The van der Waals surface area contributed by atoms with Crippen LogP contribution in [0.1, 0.15) is 37.0 Å². The van der Waals surface area contributed by atoms with Gasteiger partial charge in [0.25, 0.3) is 5.89 Å². The van der Waals surface area contributed by atoms with Crippen LogP contribution >= 0.6 is 11.6 Å². The number of carbonyl (C=O) groups excluding carboxylic acids is 1. The highest BCUT2D eigenvalue weighted by molar-refractivity contribution is 6.30. The van der Waals surface area contributed by atoms with Crippen LogP contribution in [0.15, 0.2) is 53.1 Å². The van der Waals surface area contributed by atoms with E-state index in [9.17, 15) is 9.18 Å². The number of halogens is 2. The van der Waals surface area contributed by atoms with Gasteiger partial charge in [-0.15, -0.1) is 0 Å². The molecule has 2 amide bonds. The molecule has 2 heterocycles. The molecule has 0 radical (unpaired) electrons. The van der Waals surface area contributed by atoms with Gasteiger partial charge in [-0.2, -0.15) is 4.98 Å². The van der Waals surface area contributed by atoms with Gasteiger partial charge in [0, 0.05) is 17.3 Å². The lowest BCUT2D eigenvalue weighted by molar-refractivity contribution is 0.157. The van der Waals surface area contributed by atoms with Crippen LogP contribution in [0.25, 0.3) is 0 Å². The van der Waals surface area contributed by atoms with Crippen molar-refractivity contribution >= 4 is 23.3 Å². The van der Waals surface area contributed by atoms with E-state index in [2.05, 4.69) is 15.5 Å². The van der Waals surface area contributed by atoms with E-state index in [-0.39, 0.29) is 30.4 Å². The minimum Gasteiger partial charge on any atom is -0.484 e. The zero-order chi connectivity index (χ0) is 20.9. The lowest BCUT2D eigenvalue weighted by Gasteiger charge is -2.33. The minimum absolute atomic E-state index is 0.0556. The third-order valence-electron chi connectivity index (χ3n) is 4.80. The Morgan fingerprint density at radius 2 is 2.10 bits per heavy atom. The molecule has 1 aromatic heterocycles. The number of likely N-dealkylation sites (tertiary alicyclic amines) is 1. The summed E-state index contributed by atoms with van der Waals surface area (Å²) in [4.78, 5) is 18.9. The third-order valence-corrected chi connectivity index (χ3v) is 5.03. The molecular formula is C21H20ClFN4O3. The molecule has 1 atom stereocenters. The molecule has 1 fully saturated rings. The van der Waals surface area contributed by atoms with Gasteiger partial charge in [0.2, 0.25) is 0 Å². The molecule has 1 aliphatic rings. The number of nitrogens with one attached hydrogen (secondary N) is 1. The van der Waals surface area contributed by atoms with E-state index in [4.69, 9.17) is 20.9 Å². The average molecular weight is 431 g/mol. The quantitative estimate of drug-likeness (QED) is 0.601. The smallest absolute Gasteiger partial charge is 0.322 e. The lowest BCUT2D eigenvalue weighted by atomic mass is 10.0. The first-order valence-corrected chi connectivity index (χ1v) is 10.0. The number of piperidine rings is 1. The van der Waals surface area contributed by atoms with Gasteiger partial charge in [0.1, 0.15) is 11.6 Å². The third kappa shape index (κ3) is 4.88. The Morgan fingerprint density at radius 1 is 1.27 bits per heavy atom. The Morgan fingerprint density at radius 3 is 2.90 bits per heavy atom. The van der Waals surface area contributed by atoms with Gasteiger partial charge in [-0.05, 0) is 61.7 Å². The number of aromatic nitrogens is 2. The highest BCUT2D eigenvalue weighted by Gasteiger charge is 2.31. The molecule has 3 aromatic rings. The molecule has 0 aliphatic carbocycles. The van der Waals surface area contributed by atoms with Crippen molar-refractivity contribution in [2.24, 2.45) is 0 Å². The number of amides is 2. The van der Waals surface area contributed by atoms with E-state index in [1.165, 1.54) is 24.3 Å². The maximum Gasteiger partial charge on any atom is 0.322 e. The van der Waals surface area contributed by atoms with Gasteiger partial charge < -0.3 is 19.5 Å². The molecule has 156 valence electrons. The van der Waals surface area contributed by atoms with Crippen molar-refractivity contribution in [2.75, 3.05) is 11.9 Å². The SMILES string of the molecule is O=C(Nc1cccc(Cl)c1)N1CCCCC1c1noc(COc2ccc(F)cc2)n1. The summed E-state index contributed by atoms with van der Waals surface area (Å²) in [6, 6.07) is 12.1. The van der Waals surface area contributed by atoms with E-state index in [1.54, 1.807) is 29.2 Å². The van der Waals surface area contributed by atoms with Gasteiger partial charge in [-0.1, -0.05) is 22.8 Å². The zero-order valence-corrected chi connectivity index (χ0v) is 16.8.